The Labute approximate surface area is 156 Å². The Kier molecular flexibility index (Phi) is 7.63. The lowest BCUT2D eigenvalue weighted by atomic mass is 10.1. The van der Waals surface area contributed by atoms with Gasteiger partial charge in [-0.15, -0.1) is 0 Å². The van der Waals surface area contributed by atoms with Gasteiger partial charge in [-0.1, -0.05) is 32.4 Å². The number of unbranched alkanes of at least 4 members (excludes halogenated alkanes) is 2. The largest absolute Gasteiger partial charge is 0.356 e. The van der Waals surface area contributed by atoms with Crippen LogP contribution in [0.15, 0.2) is 34.2 Å². The van der Waals surface area contributed by atoms with Gasteiger partial charge in [0, 0.05) is 25.1 Å². The molecule has 0 aliphatic carbocycles. The molecule has 0 atom stereocenters. The van der Waals surface area contributed by atoms with Crippen molar-refractivity contribution >= 4 is 21.8 Å². The van der Waals surface area contributed by atoms with E-state index in [1.165, 1.54) is 0 Å². The van der Waals surface area contributed by atoms with Crippen molar-refractivity contribution in [1.82, 2.24) is 10.0 Å². The molecule has 1 heterocycles. The number of rotatable bonds is 10. The van der Waals surface area contributed by atoms with E-state index in [1.807, 2.05) is 0 Å². The molecule has 7 heteroatoms. The van der Waals surface area contributed by atoms with Crippen molar-refractivity contribution in [3.8, 4) is 0 Å². The van der Waals surface area contributed by atoms with E-state index in [0.29, 0.717) is 30.3 Å². The number of amidine groups is 1. The fourth-order valence-corrected chi connectivity index (χ4v) is 4.09. The molecule has 1 amide bonds. The summed E-state index contributed by atoms with van der Waals surface area (Å²) in [5.41, 5.74) is 0.633. The third kappa shape index (κ3) is 6.12. The maximum Gasteiger partial charge on any atom is 0.263 e. The van der Waals surface area contributed by atoms with Gasteiger partial charge in [-0.25, -0.2) is 8.42 Å². The highest BCUT2D eigenvalue weighted by atomic mass is 32.2. The fourth-order valence-electron chi connectivity index (χ4n) is 2.84. The van der Waals surface area contributed by atoms with E-state index in [2.05, 4.69) is 28.9 Å². The monoisotopic (exact) mass is 379 g/mol. The number of carbonyl (C=O) groups excluding carboxylic acids is 1. The average molecular weight is 380 g/mol. The normalized spacial score (nSPS) is 16.5. The molecule has 0 saturated carbocycles. The second kappa shape index (κ2) is 9.71. The van der Waals surface area contributed by atoms with Gasteiger partial charge in [-0.2, -0.15) is 0 Å². The summed E-state index contributed by atoms with van der Waals surface area (Å²) in [6.45, 7) is 5.66. The Bertz CT molecular complexity index is 742. The Morgan fingerprint density at radius 1 is 1.15 bits per heavy atom. The van der Waals surface area contributed by atoms with E-state index in [-0.39, 0.29) is 10.8 Å². The highest BCUT2D eigenvalue weighted by Crippen LogP contribution is 2.22. The summed E-state index contributed by atoms with van der Waals surface area (Å²) < 4.78 is 26.5. The van der Waals surface area contributed by atoms with E-state index >= 15 is 0 Å². The van der Waals surface area contributed by atoms with Crippen LogP contribution in [0.2, 0.25) is 0 Å². The number of nitrogens with zero attached hydrogens (tertiary/aromatic N) is 1. The third-order valence-corrected chi connectivity index (χ3v) is 5.67. The lowest BCUT2D eigenvalue weighted by Gasteiger charge is -2.06. The first-order valence-electron chi connectivity index (χ1n) is 9.33. The van der Waals surface area contributed by atoms with Crippen molar-refractivity contribution < 1.29 is 13.2 Å². The van der Waals surface area contributed by atoms with Crippen LogP contribution in [0, 0.1) is 5.92 Å². The average Bonchev–Trinajstić information content (AvgIpc) is 2.86. The first-order valence-corrected chi connectivity index (χ1v) is 10.8. The minimum absolute atomic E-state index is 0.109. The number of fused-ring (bicyclic) bond motifs is 1. The Morgan fingerprint density at radius 3 is 2.69 bits per heavy atom. The second-order valence-electron chi connectivity index (χ2n) is 7.03. The van der Waals surface area contributed by atoms with Gasteiger partial charge in [0.15, 0.2) is 0 Å². The summed E-state index contributed by atoms with van der Waals surface area (Å²) in [7, 11) is -3.46. The van der Waals surface area contributed by atoms with Crippen LogP contribution in [0.25, 0.3) is 0 Å². The molecule has 1 aromatic carbocycles. The molecule has 6 nitrogen and oxygen atoms in total. The Hall–Kier alpha value is -1.89. The van der Waals surface area contributed by atoms with Crippen molar-refractivity contribution in [3.63, 3.8) is 0 Å². The zero-order chi connectivity index (χ0) is 19.0. The standard InChI is InChI=1S/C19H29N3O3S/c1-15(2)9-8-14-20-18(23)12-4-3-7-13-21-19-16-10-5-6-11-17(16)26(24,25)22-19/h5-6,10-11,15H,3-4,7-9,12-14H2,1-2H3,(H,20,23)(H,21,22). The molecule has 1 aromatic rings. The first kappa shape index (κ1) is 20.4. The van der Waals surface area contributed by atoms with Gasteiger partial charge >= 0.3 is 0 Å². The Morgan fingerprint density at radius 2 is 1.92 bits per heavy atom. The van der Waals surface area contributed by atoms with Crippen molar-refractivity contribution in [2.45, 2.75) is 57.3 Å². The van der Waals surface area contributed by atoms with Crippen molar-refractivity contribution in [2.24, 2.45) is 10.9 Å². The molecule has 0 spiro atoms. The third-order valence-electron chi connectivity index (χ3n) is 4.28. The van der Waals surface area contributed by atoms with Gasteiger partial charge in [0.2, 0.25) is 5.91 Å². The van der Waals surface area contributed by atoms with E-state index in [9.17, 15) is 13.2 Å². The smallest absolute Gasteiger partial charge is 0.263 e. The summed E-state index contributed by atoms with van der Waals surface area (Å²) in [6, 6.07) is 6.85. The molecule has 0 radical (unpaired) electrons. The molecule has 2 rings (SSSR count). The van der Waals surface area contributed by atoms with Gasteiger partial charge in [0.25, 0.3) is 10.0 Å². The maximum absolute atomic E-state index is 12.0. The number of carbonyl (C=O) groups is 1. The van der Waals surface area contributed by atoms with E-state index < -0.39 is 10.0 Å². The van der Waals surface area contributed by atoms with Crippen LogP contribution in [0.1, 0.15) is 57.9 Å². The predicted octanol–water partition coefficient (Wildman–Crippen LogP) is 2.84. The summed E-state index contributed by atoms with van der Waals surface area (Å²) in [6.07, 6.45) is 5.24. The lowest BCUT2D eigenvalue weighted by molar-refractivity contribution is -0.121. The summed E-state index contributed by atoms with van der Waals surface area (Å²) in [5, 5.41) is 2.95. The van der Waals surface area contributed by atoms with Gasteiger partial charge in [0.1, 0.15) is 5.84 Å². The van der Waals surface area contributed by atoms with Crippen LogP contribution in [-0.4, -0.2) is 33.3 Å². The minimum atomic E-state index is -3.46. The number of benzene rings is 1. The van der Waals surface area contributed by atoms with Crippen LogP contribution >= 0.6 is 0 Å². The number of amides is 1. The quantitative estimate of drug-likeness (QED) is 0.613. The molecular formula is C19H29N3O3S. The van der Waals surface area contributed by atoms with Crippen LogP contribution < -0.4 is 10.0 Å². The maximum atomic E-state index is 12.0. The zero-order valence-corrected chi connectivity index (χ0v) is 16.4. The first-order chi connectivity index (χ1) is 12.4. The SMILES string of the molecule is CC(C)CCCNC(=O)CCCCCN=C1NS(=O)(=O)c2ccccc21. The second-order valence-corrected chi connectivity index (χ2v) is 8.68. The van der Waals surface area contributed by atoms with Crippen molar-refractivity contribution in [1.29, 1.82) is 0 Å². The number of nitrogens with one attached hydrogen (secondary N) is 2. The molecule has 1 aliphatic rings. The van der Waals surface area contributed by atoms with Crippen molar-refractivity contribution in [2.75, 3.05) is 13.1 Å². The van der Waals surface area contributed by atoms with Crippen LogP contribution in [0.5, 0.6) is 0 Å². The van der Waals surface area contributed by atoms with Crippen LogP contribution in [-0.2, 0) is 14.8 Å². The molecule has 1 aliphatic heterocycles. The van der Waals surface area contributed by atoms with Crippen LogP contribution in [0.4, 0.5) is 0 Å². The predicted molar refractivity (Wildman–Crippen MR) is 104 cm³/mol. The van der Waals surface area contributed by atoms with E-state index in [1.54, 1.807) is 24.3 Å². The number of sulfonamides is 1. The molecule has 0 bridgehead atoms. The fraction of sp³-hybridized carbons (Fsp3) is 0.579. The number of hydrogen-bond acceptors (Lipinski definition) is 4. The minimum Gasteiger partial charge on any atom is -0.356 e. The van der Waals surface area contributed by atoms with Gasteiger partial charge < -0.3 is 5.32 Å². The molecule has 0 fully saturated rings. The van der Waals surface area contributed by atoms with Crippen molar-refractivity contribution in [3.05, 3.63) is 29.8 Å². The Balaban J connectivity index is 1.64. The van der Waals surface area contributed by atoms with E-state index in [0.717, 1.165) is 38.6 Å². The lowest BCUT2D eigenvalue weighted by Crippen LogP contribution is -2.24. The molecular weight excluding hydrogens is 350 g/mol. The molecule has 0 aromatic heterocycles. The molecule has 144 valence electrons. The molecule has 26 heavy (non-hydrogen) atoms. The van der Waals surface area contributed by atoms with Gasteiger partial charge in [0.05, 0.1) is 4.90 Å². The van der Waals surface area contributed by atoms with Crippen LogP contribution in [0.3, 0.4) is 0 Å². The number of hydrogen-bond donors (Lipinski definition) is 2. The number of aliphatic imine (C=N–C) groups is 1. The summed E-state index contributed by atoms with van der Waals surface area (Å²) in [5.74, 6) is 1.20. The topological polar surface area (TPSA) is 87.6 Å². The highest BCUT2D eigenvalue weighted by Gasteiger charge is 2.29. The summed E-state index contributed by atoms with van der Waals surface area (Å²) >= 11 is 0. The highest BCUT2D eigenvalue weighted by molar-refractivity contribution is 7.90. The summed E-state index contributed by atoms with van der Waals surface area (Å²) in [4.78, 5) is 16.4. The molecule has 0 saturated heterocycles. The van der Waals surface area contributed by atoms with Gasteiger partial charge in [-0.3, -0.25) is 14.5 Å². The van der Waals surface area contributed by atoms with E-state index in [4.69, 9.17) is 0 Å². The molecule has 0 unspecified atom stereocenters. The zero-order valence-electron chi connectivity index (χ0n) is 15.6. The van der Waals surface area contributed by atoms with Gasteiger partial charge in [-0.05, 0) is 43.7 Å². The molecule has 2 N–H and O–H groups in total.